The van der Waals surface area contributed by atoms with Crippen LogP contribution in [0.2, 0.25) is 0 Å². The molecule has 0 amide bonds. The van der Waals surface area contributed by atoms with Gasteiger partial charge in [0.2, 0.25) is 5.60 Å². The fourth-order valence-corrected chi connectivity index (χ4v) is 2.42. The van der Waals surface area contributed by atoms with Crippen molar-refractivity contribution in [1.82, 2.24) is 0 Å². The van der Waals surface area contributed by atoms with Crippen LogP contribution < -0.4 is 0 Å². The van der Waals surface area contributed by atoms with Gasteiger partial charge >= 0.3 is 11.9 Å². The first-order valence-electron chi connectivity index (χ1n) is 8.38. The maximum absolute atomic E-state index is 12.2. The first-order chi connectivity index (χ1) is 10.2. The summed E-state index contributed by atoms with van der Waals surface area (Å²) in [6.45, 7) is 5.69. The number of carboxylic acid groups (broad SMARTS) is 1. The van der Waals surface area contributed by atoms with Crippen molar-refractivity contribution in [3.05, 3.63) is 0 Å². The van der Waals surface area contributed by atoms with Crippen molar-refractivity contribution in [1.29, 1.82) is 0 Å². The van der Waals surface area contributed by atoms with Crippen LogP contribution in [0.3, 0.4) is 0 Å². The lowest BCUT2D eigenvalue weighted by Gasteiger charge is -2.25. The van der Waals surface area contributed by atoms with E-state index < -0.39 is 23.0 Å². The van der Waals surface area contributed by atoms with E-state index in [0.29, 0.717) is 19.3 Å². The molecule has 0 aromatic heterocycles. The fourth-order valence-electron chi connectivity index (χ4n) is 2.42. The van der Waals surface area contributed by atoms with E-state index in [2.05, 4.69) is 6.92 Å². The van der Waals surface area contributed by atoms with Crippen LogP contribution in [0.5, 0.6) is 0 Å². The Kier molecular flexibility index (Phi) is 6.85. The number of aliphatic hydroxyl groups excluding tert-OH is 1. The van der Waals surface area contributed by atoms with E-state index in [9.17, 15) is 14.7 Å². The van der Waals surface area contributed by atoms with E-state index in [-0.39, 0.29) is 6.10 Å². The molecule has 1 aliphatic carbocycles. The molecule has 1 aliphatic rings. The topological polar surface area (TPSA) is 83.8 Å². The quantitative estimate of drug-likeness (QED) is 0.451. The zero-order chi connectivity index (χ0) is 16.8. The smallest absolute Gasteiger partial charge is 0.348 e. The number of carbonyl (C=O) groups excluding carboxylic acids is 1. The van der Waals surface area contributed by atoms with E-state index in [1.807, 2.05) is 0 Å². The van der Waals surface area contributed by atoms with Gasteiger partial charge in [0.1, 0.15) is 0 Å². The molecule has 1 fully saturated rings. The Morgan fingerprint density at radius 1 is 1.18 bits per heavy atom. The molecule has 1 saturated carbocycles. The minimum absolute atomic E-state index is 0.253. The fraction of sp³-hybridized carbons (Fsp3) is 0.882. The molecular formula is C17H30O5. The van der Waals surface area contributed by atoms with E-state index in [1.165, 1.54) is 0 Å². The third-order valence-electron chi connectivity index (χ3n) is 4.41. The van der Waals surface area contributed by atoms with Gasteiger partial charge in [-0.1, -0.05) is 32.6 Å². The Balaban J connectivity index is 2.28. The Bertz CT molecular complexity index is 385. The summed E-state index contributed by atoms with van der Waals surface area (Å²) in [4.78, 5) is 23.2. The van der Waals surface area contributed by atoms with Crippen LogP contribution in [0.25, 0.3) is 0 Å². The second-order valence-electron chi connectivity index (χ2n) is 7.11. The average Bonchev–Trinajstić information content (AvgIpc) is 3.22. The minimum Gasteiger partial charge on any atom is -0.478 e. The Labute approximate surface area is 133 Å². The van der Waals surface area contributed by atoms with E-state index in [1.54, 1.807) is 13.8 Å². The predicted octanol–water partition coefficient (Wildman–Crippen LogP) is 3.28. The van der Waals surface area contributed by atoms with Crippen molar-refractivity contribution < 1.29 is 24.5 Å². The molecule has 0 radical (unpaired) electrons. The molecular weight excluding hydrogens is 284 g/mol. The molecule has 0 aromatic carbocycles. The second-order valence-corrected chi connectivity index (χ2v) is 7.11. The lowest BCUT2D eigenvalue weighted by Crippen LogP contribution is -2.35. The normalized spacial score (nSPS) is 17.8. The second kappa shape index (κ2) is 7.95. The first-order valence-corrected chi connectivity index (χ1v) is 8.38. The Morgan fingerprint density at radius 2 is 1.77 bits per heavy atom. The molecule has 5 heteroatoms. The molecule has 1 atom stereocenters. The van der Waals surface area contributed by atoms with Crippen molar-refractivity contribution in [2.75, 3.05) is 0 Å². The van der Waals surface area contributed by atoms with Gasteiger partial charge in [-0.3, -0.25) is 4.79 Å². The van der Waals surface area contributed by atoms with Crippen molar-refractivity contribution in [3.63, 3.8) is 0 Å². The zero-order valence-corrected chi connectivity index (χ0v) is 14.1. The van der Waals surface area contributed by atoms with Gasteiger partial charge in [-0.25, -0.2) is 4.79 Å². The highest BCUT2D eigenvalue weighted by molar-refractivity contribution is 5.86. The molecule has 0 bridgehead atoms. The van der Waals surface area contributed by atoms with Gasteiger partial charge in [0.05, 0.1) is 11.5 Å². The highest BCUT2D eigenvalue weighted by Crippen LogP contribution is 2.42. The molecule has 0 aromatic rings. The third kappa shape index (κ3) is 5.59. The van der Waals surface area contributed by atoms with Crippen LogP contribution in [0.15, 0.2) is 0 Å². The highest BCUT2D eigenvalue weighted by atomic mass is 16.6. The summed E-state index contributed by atoms with van der Waals surface area (Å²) in [5.74, 6) is -1.48. The number of aliphatic carboxylic acids is 1. The van der Waals surface area contributed by atoms with Crippen LogP contribution in [-0.4, -0.2) is 33.9 Å². The number of aliphatic hydroxyl groups is 1. The summed E-state index contributed by atoms with van der Waals surface area (Å²) >= 11 is 0. The van der Waals surface area contributed by atoms with Gasteiger partial charge in [0.15, 0.2) is 0 Å². The van der Waals surface area contributed by atoms with E-state index in [0.717, 1.165) is 38.5 Å². The summed E-state index contributed by atoms with van der Waals surface area (Å²) in [6, 6.07) is 0. The monoisotopic (exact) mass is 314 g/mol. The van der Waals surface area contributed by atoms with Crippen LogP contribution in [0, 0.1) is 5.41 Å². The maximum Gasteiger partial charge on any atom is 0.348 e. The zero-order valence-electron chi connectivity index (χ0n) is 14.1. The molecule has 1 rings (SSSR count). The number of hydrogen-bond donors (Lipinski definition) is 2. The molecule has 5 nitrogen and oxygen atoms in total. The number of hydrogen-bond acceptors (Lipinski definition) is 4. The van der Waals surface area contributed by atoms with Crippen LogP contribution >= 0.6 is 0 Å². The Hall–Kier alpha value is -1.10. The molecule has 2 N–H and O–H groups in total. The van der Waals surface area contributed by atoms with Gasteiger partial charge < -0.3 is 14.9 Å². The molecule has 0 aliphatic heterocycles. The van der Waals surface area contributed by atoms with Crippen LogP contribution in [0.4, 0.5) is 0 Å². The van der Waals surface area contributed by atoms with E-state index in [4.69, 9.17) is 9.84 Å². The number of unbranched alkanes of at least 4 members (excludes halogenated alkanes) is 2. The molecule has 22 heavy (non-hydrogen) atoms. The SMILES string of the molecule is CCCCC(O)CCCCC(C)(C)C(=O)OC1(C(=O)O)CC1. The van der Waals surface area contributed by atoms with Gasteiger partial charge in [-0.15, -0.1) is 0 Å². The molecule has 0 saturated heterocycles. The summed E-state index contributed by atoms with van der Waals surface area (Å²) in [5.41, 5.74) is -1.94. The largest absolute Gasteiger partial charge is 0.478 e. The maximum atomic E-state index is 12.2. The average molecular weight is 314 g/mol. The van der Waals surface area contributed by atoms with Crippen molar-refractivity contribution in [3.8, 4) is 0 Å². The Morgan fingerprint density at radius 3 is 2.27 bits per heavy atom. The highest BCUT2D eigenvalue weighted by Gasteiger charge is 2.55. The van der Waals surface area contributed by atoms with Crippen LogP contribution in [0.1, 0.15) is 78.6 Å². The number of carboxylic acids is 1. The van der Waals surface area contributed by atoms with Gasteiger partial charge in [0.25, 0.3) is 0 Å². The van der Waals surface area contributed by atoms with Crippen molar-refractivity contribution >= 4 is 11.9 Å². The number of carbonyl (C=O) groups is 2. The number of rotatable bonds is 11. The lowest BCUT2D eigenvalue weighted by atomic mass is 9.86. The van der Waals surface area contributed by atoms with Gasteiger partial charge in [-0.2, -0.15) is 0 Å². The van der Waals surface area contributed by atoms with Crippen molar-refractivity contribution in [2.45, 2.75) is 90.3 Å². The molecule has 128 valence electrons. The number of esters is 1. The first kappa shape index (κ1) is 18.9. The third-order valence-corrected chi connectivity index (χ3v) is 4.41. The summed E-state index contributed by atoms with van der Waals surface area (Å²) in [5, 5.41) is 18.8. The summed E-state index contributed by atoms with van der Waals surface area (Å²) < 4.78 is 5.22. The van der Waals surface area contributed by atoms with Crippen LogP contribution in [-0.2, 0) is 14.3 Å². The predicted molar refractivity (Wildman–Crippen MR) is 83.5 cm³/mol. The summed E-state index contributed by atoms with van der Waals surface area (Å²) in [6.07, 6.45) is 6.61. The van der Waals surface area contributed by atoms with E-state index >= 15 is 0 Å². The lowest BCUT2D eigenvalue weighted by molar-refractivity contribution is -0.174. The van der Waals surface area contributed by atoms with Crippen molar-refractivity contribution in [2.24, 2.45) is 5.41 Å². The molecule has 0 heterocycles. The minimum atomic E-state index is -1.26. The summed E-state index contributed by atoms with van der Waals surface area (Å²) in [7, 11) is 0. The standard InChI is InChI=1S/C17H30O5/c1-4-5-8-13(18)9-6-7-10-16(2,3)15(21)22-17(11-12-17)14(19)20/h13,18H,4-12H2,1-3H3,(H,19,20). The van der Waals surface area contributed by atoms with Gasteiger partial charge in [0, 0.05) is 12.8 Å². The number of ether oxygens (including phenoxy) is 1. The molecule has 1 unspecified atom stereocenters. The molecule has 0 spiro atoms. The van der Waals surface area contributed by atoms with Gasteiger partial charge in [-0.05, 0) is 33.1 Å².